The average molecular weight is 171 g/mol. The molecule has 0 heterocycles. The van der Waals surface area contributed by atoms with Crippen molar-refractivity contribution < 1.29 is 13.5 Å². The second-order valence-corrected chi connectivity index (χ2v) is 1.23. The van der Waals surface area contributed by atoms with Crippen LogP contribution in [0.5, 0.6) is 0 Å². The molecule has 0 aliphatic heterocycles. The molecule has 0 aromatic carbocycles. The zero-order chi connectivity index (χ0) is 5.86. The Balaban J connectivity index is 0. The van der Waals surface area contributed by atoms with Crippen molar-refractivity contribution >= 4 is 59.0 Å². The van der Waals surface area contributed by atoms with Gasteiger partial charge in [0.2, 0.25) is 0 Å². The van der Waals surface area contributed by atoms with E-state index in [4.69, 9.17) is 0 Å². The molecule has 0 bridgehead atoms. The van der Waals surface area contributed by atoms with Gasteiger partial charge in [-0.15, -0.1) is 0 Å². The Hall–Kier alpha value is 0.980. The van der Waals surface area contributed by atoms with Crippen LogP contribution in [0.25, 0.3) is 0 Å². The van der Waals surface area contributed by atoms with Gasteiger partial charge in [-0.3, -0.25) is 0 Å². The van der Waals surface area contributed by atoms with E-state index < -0.39 is 11.6 Å². The van der Waals surface area contributed by atoms with Crippen molar-refractivity contribution in [1.82, 2.24) is 0 Å². The first-order valence-corrected chi connectivity index (χ1v) is 2.03. The van der Waals surface area contributed by atoms with E-state index in [1.807, 2.05) is 0 Å². The summed E-state index contributed by atoms with van der Waals surface area (Å²) in [4.78, 5) is 9.65. The van der Waals surface area contributed by atoms with Crippen molar-refractivity contribution in [3.63, 3.8) is 0 Å². The SMILES string of the molecule is O=C(OCl)C(F)Cl.[NaH]. The Morgan fingerprint density at radius 2 is 2.12 bits per heavy atom. The minimum absolute atomic E-state index is 0. The molecule has 8 heavy (non-hydrogen) atoms. The standard InChI is InChI=1S/C2HCl2FO2.Na.H/c3-1(5)2(6)7-4;;/h1H;;. The van der Waals surface area contributed by atoms with Crippen LogP contribution in [0.4, 0.5) is 4.39 Å². The molecule has 0 aliphatic rings. The Kier molecular flexibility index (Phi) is 8.96. The molecule has 1 unspecified atom stereocenters. The Morgan fingerprint density at radius 3 is 2.12 bits per heavy atom. The Morgan fingerprint density at radius 1 is 1.75 bits per heavy atom. The van der Waals surface area contributed by atoms with Gasteiger partial charge in [0.1, 0.15) is 11.9 Å². The van der Waals surface area contributed by atoms with Gasteiger partial charge in [-0.1, -0.05) is 11.6 Å². The second-order valence-electron chi connectivity index (χ2n) is 0.697. The van der Waals surface area contributed by atoms with Crippen LogP contribution in [0, 0.1) is 0 Å². The summed E-state index contributed by atoms with van der Waals surface area (Å²) < 4.78 is 14.6. The monoisotopic (exact) mass is 170 g/mol. The molecular formula is C2H2Cl2FNaO2. The third-order valence-electron chi connectivity index (χ3n) is 0.254. The molecule has 0 saturated carbocycles. The Labute approximate surface area is 77.7 Å². The van der Waals surface area contributed by atoms with Gasteiger partial charge < -0.3 is 4.29 Å². The summed E-state index contributed by atoms with van der Waals surface area (Å²) in [6.45, 7) is 0. The van der Waals surface area contributed by atoms with Gasteiger partial charge in [0.15, 0.2) is 0 Å². The van der Waals surface area contributed by atoms with Gasteiger partial charge in [0.25, 0.3) is 5.63 Å². The number of carbonyl (C=O) groups is 1. The zero-order valence-corrected chi connectivity index (χ0v) is 4.54. The van der Waals surface area contributed by atoms with Crippen molar-refractivity contribution in [3.8, 4) is 0 Å². The Bertz CT molecular complexity index is 78.4. The maximum atomic E-state index is 11.3. The van der Waals surface area contributed by atoms with E-state index >= 15 is 0 Å². The van der Waals surface area contributed by atoms with E-state index in [1.165, 1.54) is 0 Å². The summed E-state index contributed by atoms with van der Waals surface area (Å²) in [5.41, 5.74) is -2.16. The molecule has 6 heteroatoms. The van der Waals surface area contributed by atoms with Gasteiger partial charge in [0, 0.05) is 0 Å². The van der Waals surface area contributed by atoms with Gasteiger partial charge in [-0.05, 0) is 0 Å². The molecule has 44 valence electrons. The van der Waals surface area contributed by atoms with E-state index in [-0.39, 0.29) is 29.6 Å². The van der Waals surface area contributed by atoms with Crippen molar-refractivity contribution in [2.75, 3.05) is 0 Å². The molecule has 1 atom stereocenters. The van der Waals surface area contributed by atoms with Gasteiger partial charge >= 0.3 is 35.5 Å². The topological polar surface area (TPSA) is 26.3 Å². The fourth-order valence-corrected chi connectivity index (χ4v) is 0.202. The fourth-order valence-electron chi connectivity index (χ4n) is 0.0337. The summed E-state index contributed by atoms with van der Waals surface area (Å²) in [6.07, 6.45) is 0. The van der Waals surface area contributed by atoms with Crippen LogP contribution in [0.1, 0.15) is 0 Å². The number of rotatable bonds is 1. The second kappa shape index (κ2) is 6.11. The van der Waals surface area contributed by atoms with Crippen LogP contribution >= 0.6 is 23.5 Å². The molecule has 0 spiro atoms. The van der Waals surface area contributed by atoms with Gasteiger partial charge in [-0.2, -0.15) is 0 Å². The van der Waals surface area contributed by atoms with Gasteiger partial charge in [0.05, 0.1) is 0 Å². The van der Waals surface area contributed by atoms with Crippen LogP contribution in [-0.4, -0.2) is 41.2 Å². The van der Waals surface area contributed by atoms with Crippen molar-refractivity contribution in [2.24, 2.45) is 0 Å². The summed E-state index contributed by atoms with van der Waals surface area (Å²) >= 11 is 8.88. The zero-order valence-electron chi connectivity index (χ0n) is 3.03. The molecule has 0 aliphatic carbocycles. The molecular weight excluding hydrogens is 169 g/mol. The molecule has 0 rings (SSSR count). The molecule has 0 N–H and O–H groups in total. The average Bonchev–Trinajstić information content (AvgIpc) is 1.65. The summed E-state index contributed by atoms with van der Waals surface area (Å²) in [6, 6.07) is 0. The van der Waals surface area contributed by atoms with E-state index in [0.717, 1.165) is 0 Å². The molecule has 0 saturated heterocycles. The van der Waals surface area contributed by atoms with E-state index in [0.29, 0.717) is 0 Å². The van der Waals surface area contributed by atoms with E-state index in [1.54, 1.807) is 0 Å². The number of hydrogen-bond donors (Lipinski definition) is 0. The summed E-state index contributed by atoms with van der Waals surface area (Å²) in [5.74, 6) is -1.29. The van der Waals surface area contributed by atoms with Crippen LogP contribution in [0.2, 0.25) is 0 Å². The number of hydrogen-bond acceptors (Lipinski definition) is 2. The van der Waals surface area contributed by atoms with Crippen molar-refractivity contribution in [3.05, 3.63) is 0 Å². The first-order valence-electron chi connectivity index (χ1n) is 1.29. The van der Waals surface area contributed by atoms with Gasteiger partial charge in [-0.25, -0.2) is 9.18 Å². The first-order chi connectivity index (χ1) is 3.18. The molecule has 0 fully saturated rings. The van der Waals surface area contributed by atoms with E-state index in [2.05, 4.69) is 27.8 Å². The van der Waals surface area contributed by atoms with Crippen LogP contribution in [-0.2, 0) is 9.08 Å². The number of alkyl halides is 2. The minimum atomic E-state index is -2.16. The number of carbonyl (C=O) groups excluding carboxylic acids is 1. The van der Waals surface area contributed by atoms with Crippen LogP contribution < -0.4 is 0 Å². The fraction of sp³-hybridized carbons (Fsp3) is 0.500. The molecule has 0 amide bonds. The van der Waals surface area contributed by atoms with E-state index in [9.17, 15) is 9.18 Å². The van der Waals surface area contributed by atoms with Crippen LogP contribution in [0.15, 0.2) is 0 Å². The molecule has 0 aromatic heterocycles. The first kappa shape index (κ1) is 11.7. The summed E-state index contributed by atoms with van der Waals surface area (Å²) in [5, 5.41) is 0. The molecule has 0 radical (unpaired) electrons. The molecule has 2 nitrogen and oxygen atoms in total. The molecule has 0 aromatic rings. The third kappa shape index (κ3) is 5.12. The maximum absolute atomic E-state index is 11.3. The summed E-state index contributed by atoms with van der Waals surface area (Å²) in [7, 11) is 0. The predicted molar refractivity (Wildman–Crippen MR) is 29.8 cm³/mol. The quantitative estimate of drug-likeness (QED) is 0.425. The van der Waals surface area contributed by atoms with Crippen molar-refractivity contribution in [2.45, 2.75) is 5.63 Å². The normalized spacial score (nSPS) is 11.4. The van der Waals surface area contributed by atoms with Crippen molar-refractivity contribution in [1.29, 1.82) is 0 Å². The number of halogens is 3. The predicted octanol–water partition coefficient (Wildman–Crippen LogP) is 0.569. The van der Waals surface area contributed by atoms with Crippen LogP contribution in [0.3, 0.4) is 0 Å². The third-order valence-corrected chi connectivity index (χ3v) is 0.584.